The average molecular weight is 624 g/mol. The summed E-state index contributed by atoms with van der Waals surface area (Å²) in [5, 5.41) is 23.7. The lowest BCUT2D eigenvalue weighted by molar-refractivity contribution is -0.143. The molecule has 4 rings (SSSR count). The van der Waals surface area contributed by atoms with Crippen LogP contribution in [0.3, 0.4) is 0 Å². The molecule has 2 aliphatic rings. The summed E-state index contributed by atoms with van der Waals surface area (Å²) in [4.78, 5) is 84.0. The van der Waals surface area contributed by atoms with Crippen molar-refractivity contribution in [2.24, 2.45) is 5.92 Å². The summed E-state index contributed by atoms with van der Waals surface area (Å²) in [6.07, 6.45) is 1.66. The number of carbonyl (C=O) groups is 6. The van der Waals surface area contributed by atoms with E-state index in [1.54, 1.807) is 48.7 Å². The second kappa shape index (κ2) is 14.8. The predicted molar refractivity (Wildman–Crippen MR) is 162 cm³/mol. The van der Waals surface area contributed by atoms with Crippen molar-refractivity contribution >= 4 is 35.4 Å². The van der Waals surface area contributed by atoms with E-state index < -0.39 is 78.3 Å². The molecule has 6 atom stereocenters. The monoisotopic (exact) mass is 623 g/mol. The average Bonchev–Trinajstić information content (AvgIpc) is 3.69. The maximum absolute atomic E-state index is 13.7. The van der Waals surface area contributed by atoms with Gasteiger partial charge in [0.25, 0.3) is 5.91 Å². The van der Waals surface area contributed by atoms with E-state index in [1.165, 1.54) is 11.8 Å². The van der Waals surface area contributed by atoms with Gasteiger partial charge in [-0.05, 0) is 43.4 Å². The normalized spacial score (nSPS) is 26.9. The predicted octanol–water partition coefficient (Wildman–Crippen LogP) is -0.512. The van der Waals surface area contributed by atoms with Crippen LogP contribution < -0.4 is 26.6 Å². The van der Waals surface area contributed by atoms with Gasteiger partial charge in [-0.1, -0.05) is 44.2 Å². The fourth-order valence-corrected chi connectivity index (χ4v) is 5.58. The lowest BCUT2D eigenvalue weighted by Gasteiger charge is -2.30. The van der Waals surface area contributed by atoms with Gasteiger partial charge >= 0.3 is 0 Å². The summed E-state index contributed by atoms with van der Waals surface area (Å²) in [5.41, 5.74) is 0.947. The number of hydrogen-bond donors (Lipinski definition) is 7. The van der Waals surface area contributed by atoms with Crippen LogP contribution in [0.2, 0.25) is 0 Å². The summed E-state index contributed by atoms with van der Waals surface area (Å²) in [6.45, 7) is 4.37. The Hall–Kier alpha value is -4.72. The SMILES string of the molecule is CC(C)C[C@@H]1NC(=O)C[C@H](c2ccccc2)NC(=O)[C@H](C)NC(=O)[C@@H]2C[C@H](NC(=O)c3ccc[nH]3)CN2C(=O)[C@@H](CO)NC1=O. The number of aromatic nitrogens is 1. The minimum absolute atomic E-state index is 0.0175. The second-order valence-corrected chi connectivity index (χ2v) is 11.9. The quantitative estimate of drug-likeness (QED) is 0.224. The van der Waals surface area contributed by atoms with E-state index in [2.05, 4.69) is 31.6 Å². The minimum atomic E-state index is -1.43. The first kappa shape index (κ1) is 33.2. The number of benzene rings is 1. The summed E-state index contributed by atoms with van der Waals surface area (Å²) in [5.74, 6) is -3.60. The van der Waals surface area contributed by atoms with Crippen LogP contribution >= 0.6 is 0 Å². The summed E-state index contributed by atoms with van der Waals surface area (Å²) in [7, 11) is 0. The Balaban J connectivity index is 1.65. The molecule has 2 aromatic rings. The molecule has 2 aliphatic heterocycles. The largest absolute Gasteiger partial charge is 0.394 e. The molecule has 242 valence electrons. The first-order valence-corrected chi connectivity index (χ1v) is 15.1. The molecule has 14 nitrogen and oxygen atoms in total. The van der Waals surface area contributed by atoms with Crippen LogP contribution in [-0.4, -0.2) is 93.8 Å². The van der Waals surface area contributed by atoms with Crippen LogP contribution in [0.25, 0.3) is 0 Å². The van der Waals surface area contributed by atoms with Gasteiger partial charge in [0.1, 0.15) is 29.9 Å². The number of carbonyl (C=O) groups excluding carboxylic acids is 6. The minimum Gasteiger partial charge on any atom is -0.394 e. The van der Waals surface area contributed by atoms with E-state index in [0.717, 1.165) is 0 Å². The molecule has 0 radical (unpaired) electrons. The zero-order chi connectivity index (χ0) is 32.7. The Morgan fingerprint density at radius 2 is 1.67 bits per heavy atom. The number of nitrogens with one attached hydrogen (secondary N) is 6. The fraction of sp³-hybridized carbons (Fsp3) is 0.484. The molecule has 1 aromatic heterocycles. The highest BCUT2D eigenvalue weighted by molar-refractivity contribution is 5.97. The van der Waals surface area contributed by atoms with Crippen molar-refractivity contribution in [3.05, 3.63) is 59.9 Å². The number of amides is 6. The molecule has 0 spiro atoms. The van der Waals surface area contributed by atoms with Gasteiger partial charge in [0.2, 0.25) is 29.5 Å². The molecule has 0 bridgehead atoms. The zero-order valence-electron chi connectivity index (χ0n) is 25.5. The van der Waals surface area contributed by atoms with Crippen molar-refractivity contribution < 1.29 is 33.9 Å². The topological polar surface area (TPSA) is 202 Å². The Labute approximate surface area is 261 Å². The maximum atomic E-state index is 13.7. The van der Waals surface area contributed by atoms with E-state index in [9.17, 15) is 33.9 Å². The van der Waals surface area contributed by atoms with Gasteiger partial charge in [0.15, 0.2) is 0 Å². The fourth-order valence-electron chi connectivity index (χ4n) is 5.58. The van der Waals surface area contributed by atoms with Crippen molar-refractivity contribution in [1.29, 1.82) is 0 Å². The molecular formula is C31H41N7O7. The maximum Gasteiger partial charge on any atom is 0.267 e. The van der Waals surface area contributed by atoms with E-state index >= 15 is 0 Å². The van der Waals surface area contributed by atoms with E-state index in [1.807, 2.05) is 13.8 Å². The highest BCUT2D eigenvalue weighted by atomic mass is 16.3. The number of aliphatic hydroxyl groups excluding tert-OH is 1. The molecule has 1 aromatic carbocycles. The van der Waals surface area contributed by atoms with Gasteiger partial charge in [-0.2, -0.15) is 0 Å². The number of H-pyrrole nitrogens is 1. The summed E-state index contributed by atoms with van der Waals surface area (Å²) in [6, 6.07) is 6.05. The molecular weight excluding hydrogens is 582 g/mol. The number of aliphatic hydroxyl groups is 1. The third-order valence-electron chi connectivity index (χ3n) is 7.88. The summed E-state index contributed by atoms with van der Waals surface area (Å²) >= 11 is 0. The van der Waals surface area contributed by atoms with Crippen LogP contribution in [0.15, 0.2) is 48.7 Å². The summed E-state index contributed by atoms with van der Waals surface area (Å²) < 4.78 is 0. The van der Waals surface area contributed by atoms with Crippen molar-refractivity contribution in [2.45, 2.75) is 76.3 Å². The Morgan fingerprint density at radius 3 is 2.31 bits per heavy atom. The first-order valence-electron chi connectivity index (χ1n) is 15.1. The van der Waals surface area contributed by atoms with Gasteiger partial charge in [-0.3, -0.25) is 28.8 Å². The number of fused-ring (bicyclic) bond motifs is 1. The molecule has 6 amide bonds. The highest BCUT2D eigenvalue weighted by Crippen LogP contribution is 2.22. The van der Waals surface area contributed by atoms with E-state index in [4.69, 9.17) is 0 Å². The Morgan fingerprint density at radius 1 is 0.933 bits per heavy atom. The van der Waals surface area contributed by atoms with Crippen LogP contribution in [-0.2, 0) is 24.0 Å². The van der Waals surface area contributed by atoms with Crippen molar-refractivity contribution in [3.63, 3.8) is 0 Å². The standard InChI is InChI=1S/C31H41N7O7/c1-17(2)12-23-29(43)37-24(16-39)31(45)38-15-20(34-28(42)21-10-7-11-32-21)13-25(38)30(44)33-18(3)27(41)36-22(14-26(40)35-23)19-8-5-4-6-9-19/h4-11,17-18,20,22-25,32,39H,12-16H2,1-3H3,(H,33,44)(H,34,42)(H,35,40)(H,36,41)(H,37,43)/t18-,20-,22+,23-,24+,25-/m0/s1. The van der Waals surface area contributed by atoms with E-state index in [-0.39, 0.29) is 31.7 Å². The van der Waals surface area contributed by atoms with Gasteiger partial charge in [-0.15, -0.1) is 0 Å². The Bertz CT molecular complexity index is 1380. The highest BCUT2D eigenvalue weighted by Gasteiger charge is 2.43. The molecule has 0 aliphatic carbocycles. The lowest BCUT2D eigenvalue weighted by atomic mass is 10.00. The molecule has 3 heterocycles. The van der Waals surface area contributed by atoms with Crippen LogP contribution in [0, 0.1) is 5.92 Å². The molecule has 45 heavy (non-hydrogen) atoms. The second-order valence-electron chi connectivity index (χ2n) is 11.9. The number of aromatic amines is 1. The number of rotatable bonds is 6. The third-order valence-corrected chi connectivity index (χ3v) is 7.88. The van der Waals surface area contributed by atoms with Crippen LogP contribution in [0.4, 0.5) is 0 Å². The van der Waals surface area contributed by atoms with Gasteiger partial charge in [0, 0.05) is 18.8 Å². The molecule has 0 unspecified atom stereocenters. The molecule has 2 saturated heterocycles. The van der Waals surface area contributed by atoms with Gasteiger partial charge < -0.3 is 41.6 Å². The van der Waals surface area contributed by atoms with Gasteiger partial charge in [-0.25, -0.2) is 0 Å². The molecule has 7 N–H and O–H groups in total. The van der Waals surface area contributed by atoms with Crippen molar-refractivity contribution in [1.82, 2.24) is 36.5 Å². The molecule has 14 heteroatoms. The van der Waals surface area contributed by atoms with Crippen LogP contribution in [0.5, 0.6) is 0 Å². The van der Waals surface area contributed by atoms with Gasteiger partial charge in [0.05, 0.1) is 19.1 Å². The first-order chi connectivity index (χ1) is 21.5. The van der Waals surface area contributed by atoms with E-state index in [0.29, 0.717) is 11.3 Å². The smallest absolute Gasteiger partial charge is 0.267 e. The number of hydrogen-bond acceptors (Lipinski definition) is 7. The van der Waals surface area contributed by atoms with Crippen molar-refractivity contribution in [3.8, 4) is 0 Å². The third kappa shape index (κ3) is 8.47. The number of nitrogens with zero attached hydrogens (tertiary/aromatic N) is 1. The lowest BCUT2D eigenvalue weighted by Crippen LogP contribution is -2.59. The zero-order valence-corrected chi connectivity index (χ0v) is 25.5. The molecule has 2 fully saturated rings. The van der Waals surface area contributed by atoms with Crippen LogP contribution in [0.1, 0.15) is 62.1 Å². The molecule has 0 saturated carbocycles. The Kier molecular flexibility index (Phi) is 10.9. The van der Waals surface area contributed by atoms with Crippen molar-refractivity contribution in [2.75, 3.05) is 13.2 Å².